The smallest absolute Gasteiger partial charge is 0.159 e. The van der Waals surface area contributed by atoms with Crippen molar-refractivity contribution in [3.8, 4) is 39.1 Å². The topological polar surface area (TPSA) is 39.9 Å². The number of phenolic OH excluding ortho intramolecular Hbond substituents is 1. The molecule has 0 aliphatic heterocycles. The van der Waals surface area contributed by atoms with Crippen molar-refractivity contribution in [3.63, 3.8) is 0 Å². The van der Waals surface area contributed by atoms with Crippen LogP contribution in [0, 0.1) is 13.8 Å². The number of furan rings is 1. The number of para-hydroxylation sites is 3. The highest BCUT2D eigenvalue weighted by molar-refractivity contribution is 6.30. The van der Waals surface area contributed by atoms with E-state index in [2.05, 4.69) is 271 Å². The molecule has 392 valence electrons. The number of fused-ring (bicyclic) bond motifs is 3. The normalized spacial score (nSPS) is 11.9. The van der Waals surface area contributed by atoms with Crippen LogP contribution in [0.4, 0.5) is 34.1 Å². The lowest BCUT2D eigenvalue weighted by Crippen LogP contribution is -2.13. The standard InChI is InChI=1S/C76H66N2O2/c1-9-50-23-16-28-55(42-50)78(69-36-20-34-63-62-33-18-32-61(75(62)80-76(63)69)57-30-14-12-24-51(57)10-2)71-45-67(47(5)6)60-37-39-64-70(44-66(46(3)4)59-38-40-65(71)73(60)72(59)64)77(54-27-15-21-48(7)41-54)68-35-19-31-58(74(68)79)53-26-17-25-52(43-53)56-29-13-11-22-49(56)8/h11-47,79H,9-10H2,1-8H3. The first-order chi connectivity index (χ1) is 39.0. The number of hydrogen-bond donors (Lipinski definition) is 1. The van der Waals surface area contributed by atoms with Gasteiger partial charge in [-0.3, -0.25) is 0 Å². The molecule has 1 aromatic heterocycles. The Morgan fingerprint density at radius 3 is 1.59 bits per heavy atom. The lowest BCUT2D eigenvalue weighted by Gasteiger charge is -2.32. The summed E-state index contributed by atoms with van der Waals surface area (Å²) in [5, 5.41) is 22.3. The van der Waals surface area contributed by atoms with Crippen molar-refractivity contribution in [2.24, 2.45) is 0 Å². The Morgan fingerprint density at radius 2 is 0.925 bits per heavy atom. The van der Waals surface area contributed by atoms with Crippen molar-refractivity contribution in [2.75, 3.05) is 9.80 Å². The molecule has 0 spiro atoms. The minimum absolute atomic E-state index is 0.180. The van der Waals surface area contributed by atoms with E-state index in [1.807, 2.05) is 6.07 Å². The molecule has 13 rings (SSSR count). The van der Waals surface area contributed by atoms with Crippen molar-refractivity contribution < 1.29 is 9.52 Å². The van der Waals surface area contributed by atoms with Gasteiger partial charge in [0.05, 0.1) is 22.7 Å². The first kappa shape index (κ1) is 50.4. The largest absolute Gasteiger partial charge is 0.505 e. The van der Waals surface area contributed by atoms with Gasteiger partial charge in [-0.15, -0.1) is 0 Å². The van der Waals surface area contributed by atoms with E-state index in [-0.39, 0.29) is 17.6 Å². The number of aryl methyl sites for hydroxylation is 4. The molecular weight excluding hydrogens is 973 g/mol. The highest BCUT2D eigenvalue weighted by Crippen LogP contribution is 2.54. The molecule has 0 bridgehead atoms. The number of hydrogen-bond acceptors (Lipinski definition) is 4. The van der Waals surface area contributed by atoms with Gasteiger partial charge in [-0.1, -0.05) is 199 Å². The van der Waals surface area contributed by atoms with Crippen LogP contribution in [0.2, 0.25) is 0 Å². The van der Waals surface area contributed by atoms with Gasteiger partial charge in [0.15, 0.2) is 5.58 Å². The predicted octanol–water partition coefficient (Wildman–Crippen LogP) is 22.1. The Hall–Kier alpha value is -9.12. The van der Waals surface area contributed by atoms with Crippen LogP contribution in [0.3, 0.4) is 0 Å². The molecule has 0 radical (unpaired) electrons. The van der Waals surface area contributed by atoms with Gasteiger partial charge in [-0.25, -0.2) is 0 Å². The third-order valence-corrected chi connectivity index (χ3v) is 16.8. The molecule has 0 saturated carbocycles. The second-order valence-corrected chi connectivity index (χ2v) is 22.4. The van der Waals surface area contributed by atoms with Gasteiger partial charge in [0.1, 0.15) is 11.3 Å². The summed E-state index contributed by atoms with van der Waals surface area (Å²) in [6.07, 6.45) is 1.83. The minimum atomic E-state index is 0.180. The SMILES string of the molecule is CCc1cccc(N(c2cc(C(C)C)c3ccc4c(N(c5cccc(C)c5)c5cccc(-c6cccc(-c7ccccc7C)c6)c5O)cc(C(C)C)c5ccc2c3c54)c2cccc3c2oc2c(-c4ccccc4CC)cccc23)c1. The summed E-state index contributed by atoms with van der Waals surface area (Å²) in [5.74, 6) is 0.602. The number of aromatic hydroxyl groups is 1. The Bertz CT molecular complexity index is 4520. The van der Waals surface area contributed by atoms with Crippen molar-refractivity contribution in [2.45, 2.75) is 80.1 Å². The molecule has 0 saturated heterocycles. The first-order valence-corrected chi connectivity index (χ1v) is 28.6. The molecule has 13 aromatic rings. The summed E-state index contributed by atoms with van der Waals surface area (Å²) < 4.78 is 7.34. The van der Waals surface area contributed by atoms with Crippen LogP contribution in [0.15, 0.2) is 217 Å². The zero-order valence-corrected chi connectivity index (χ0v) is 47.0. The van der Waals surface area contributed by atoms with Crippen LogP contribution in [0.1, 0.15) is 86.8 Å². The Balaban J connectivity index is 1.09. The average molecular weight is 1040 g/mol. The zero-order chi connectivity index (χ0) is 54.9. The maximum Gasteiger partial charge on any atom is 0.159 e. The van der Waals surface area contributed by atoms with E-state index in [1.165, 1.54) is 60.5 Å². The minimum Gasteiger partial charge on any atom is -0.505 e. The molecule has 0 fully saturated rings. The van der Waals surface area contributed by atoms with E-state index < -0.39 is 0 Å². The molecule has 1 N–H and O–H groups in total. The number of benzene rings is 12. The van der Waals surface area contributed by atoms with Crippen LogP contribution in [-0.2, 0) is 12.8 Å². The van der Waals surface area contributed by atoms with Crippen LogP contribution in [0.5, 0.6) is 5.75 Å². The third-order valence-electron chi connectivity index (χ3n) is 16.8. The highest BCUT2D eigenvalue weighted by atomic mass is 16.3. The fraction of sp³-hybridized carbons (Fsp3) is 0.158. The zero-order valence-electron chi connectivity index (χ0n) is 47.0. The van der Waals surface area contributed by atoms with E-state index in [1.54, 1.807) is 0 Å². The van der Waals surface area contributed by atoms with E-state index in [0.29, 0.717) is 5.69 Å². The molecule has 12 aromatic carbocycles. The summed E-state index contributed by atoms with van der Waals surface area (Å²) in [7, 11) is 0. The van der Waals surface area contributed by atoms with Crippen molar-refractivity contribution >= 4 is 88.4 Å². The summed E-state index contributed by atoms with van der Waals surface area (Å²) in [5.41, 5.74) is 21.4. The van der Waals surface area contributed by atoms with Crippen LogP contribution in [-0.4, -0.2) is 5.11 Å². The third kappa shape index (κ3) is 8.36. The highest BCUT2D eigenvalue weighted by Gasteiger charge is 2.29. The Morgan fingerprint density at radius 1 is 0.400 bits per heavy atom. The van der Waals surface area contributed by atoms with Crippen molar-refractivity contribution in [3.05, 3.63) is 246 Å². The number of phenols is 1. The second-order valence-electron chi connectivity index (χ2n) is 22.4. The van der Waals surface area contributed by atoms with Gasteiger partial charge in [0, 0.05) is 44.0 Å². The molecule has 0 atom stereocenters. The van der Waals surface area contributed by atoms with Gasteiger partial charge in [-0.2, -0.15) is 0 Å². The van der Waals surface area contributed by atoms with Gasteiger partial charge in [-0.05, 0) is 170 Å². The molecule has 0 aliphatic rings. The number of anilines is 6. The Labute approximate surface area is 470 Å². The van der Waals surface area contributed by atoms with E-state index >= 15 is 0 Å². The van der Waals surface area contributed by atoms with Crippen molar-refractivity contribution in [1.29, 1.82) is 0 Å². The van der Waals surface area contributed by atoms with Gasteiger partial charge in [0.25, 0.3) is 0 Å². The van der Waals surface area contributed by atoms with Crippen molar-refractivity contribution in [1.82, 2.24) is 0 Å². The van der Waals surface area contributed by atoms with Crippen LogP contribution >= 0.6 is 0 Å². The summed E-state index contributed by atoms with van der Waals surface area (Å²) >= 11 is 0. The van der Waals surface area contributed by atoms with E-state index in [0.717, 1.165) is 102 Å². The maximum absolute atomic E-state index is 13.0. The lowest BCUT2D eigenvalue weighted by atomic mass is 9.84. The van der Waals surface area contributed by atoms with E-state index in [4.69, 9.17) is 4.42 Å². The molecule has 0 aliphatic carbocycles. The second kappa shape index (κ2) is 20.3. The summed E-state index contributed by atoms with van der Waals surface area (Å²) in [6, 6.07) is 77.2. The molecule has 80 heavy (non-hydrogen) atoms. The van der Waals surface area contributed by atoms with Gasteiger partial charge >= 0.3 is 0 Å². The molecule has 0 amide bonds. The summed E-state index contributed by atoms with van der Waals surface area (Å²) in [4.78, 5) is 4.78. The maximum atomic E-state index is 13.0. The van der Waals surface area contributed by atoms with Gasteiger partial charge < -0.3 is 19.3 Å². The van der Waals surface area contributed by atoms with Gasteiger partial charge in [0.2, 0.25) is 0 Å². The van der Waals surface area contributed by atoms with Crippen LogP contribution in [0.25, 0.3) is 87.6 Å². The van der Waals surface area contributed by atoms with E-state index in [9.17, 15) is 5.11 Å². The molecular formula is C76H66N2O2. The fourth-order valence-corrected chi connectivity index (χ4v) is 12.8. The molecule has 1 heterocycles. The van der Waals surface area contributed by atoms with Crippen LogP contribution < -0.4 is 9.80 Å². The quantitative estimate of drug-likeness (QED) is 0.117. The number of nitrogens with zero attached hydrogens (tertiary/aromatic N) is 2. The molecule has 4 nitrogen and oxygen atoms in total. The lowest BCUT2D eigenvalue weighted by molar-refractivity contribution is 0.478. The molecule has 0 unspecified atom stereocenters. The first-order valence-electron chi connectivity index (χ1n) is 28.6. The fourth-order valence-electron chi connectivity index (χ4n) is 12.8. The number of rotatable bonds is 13. The average Bonchev–Trinajstić information content (AvgIpc) is 4.01. The monoisotopic (exact) mass is 1040 g/mol. The predicted molar refractivity (Wildman–Crippen MR) is 341 cm³/mol. The summed E-state index contributed by atoms with van der Waals surface area (Å²) in [6.45, 7) is 18.0. The Kier molecular flexibility index (Phi) is 12.8. The molecule has 4 heteroatoms.